The van der Waals surface area contributed by atoms with Crippen molar-refractivity contribution < 1.29 is 30.8 Å². The molecule has 1 aliphatic rings. The first-order valence-electron chi connectivity index (χ1n) is 9.28. The third-order valence-electron chi connectivity index (χ3n) is 4.53. The zero-order valence-electron chi connectivity index (χ0n) is 16.7. The van der Waals surface area contributed by atoms with Gasteiger partial charge in [-0.1, -0.05) is 6.07 Å². The number of hydrogen-bond acceptors (Lipinski definition) is 6. The van der Waals surface area contributed by atoms with E-state index in [9.17, 15) is 26.0 Å². The number of sulfonamides is 2. The molecule has 0 unspecified atom stereocenters. The topological polar surface area (TPSA) is 113 Å². The van der Waals surface area contributed by atoms with E-state index in [2.05, 4.69) is 5.32 Å². The predicted molar refractivity (Wildman–Crippen MR) is 113 cm³/mol. The van der Waals surface area contributed by atoms with Crippen LogP contribution in [0.15, 0.2) is 53.4 Å². The number of morpholine rings is 1. The summed E-state index contributed by atoms with van der Waals surface area (Å²) in [5.41, 5.74) is 0.309. The highest BCUT2D eigenvalue weighted by atomic mass is 32.2. The van der Waals surface area contributed by atoms with Crippen LogP contribution in [-0.2, 0) is 29.6 Å². The molecular formula is C19H22FN3O6S2. The first kappa shape index (κ1) is 23.1. The zero-order valence-corrected chi connectivity index (χ0v) is 18.3. The summed E-state index contributed by atoms with van der Waals surface area (Å²) in [7, 11) is -7.60. The molecule has 12 heteroatoms. The molecule has 1 fully saturated rings. The van der Waals surface area contributed by atoms with Crippen molar-refractivity contribution in [2.24, 2.45) is 0 Å². The molecule has 1 aliphatic heterocycles. The summed E-state index contributed by atoms with van der Waals surface area (Å²) >= 11 is 0. The molecule has 0 atom stereocenters. The zero-order chi connectivity index (χ0) is 22.6. The molecule has 1 N–H and O–H groups in total. The maximum atomic E-state index is 13.3. The minimum atomic E-state index is -3.86. The summed E-state index contributed by atoms with van der Waals surface area (Å²) in [6.45, 7) is 0.518. The summed E-state index contributed by atoms with van der Waals surface area (Å²) in [5.74, 6) is -1.23. The monoisotopic (exact) mass is 471 g/mol. The van der Waals surface area contributed by atoms with Crippen LogP contribution in [0.2, 0.25) is 0 Å². The van der Waals surface area contributed by atoms with Gasteiger partial charge in [0, 0.05) is 18.8 Å². The van der Waals surface area contributed by atoms with Gasteiger partial charge in [0.2, 0.25) is 26.0 Å². The molecule has 1 saturated heterocycles. The average molecular weight is 472 g/mol. The van der Waals surface area contributed by atoms with Crippen LogP contribution in [0.4, 0.5) is 15.8 Å². The fourth-order valence-electron chi connectivity index (χ4n) is 3.02. The van der Waals surface area contributed by atoms with Crippen LogP contribution in [0.25, 0.3) is 0 Å². The second-order valence-corrected chi connectivity index (χ2v) is 10.7. The van der Waals surface area contributed by atoms with Crippen molar-refractivity contribution in [1.82, 2.24) is 4.31 Å². The Morgan fingerprint density at radius 1 is 1.10 bits per heavy atom. The molecule has 9 nitrogen and oxygen atoms in total. The molecule has 0 saturated carbocycles. The Kier molecular flexibility index (Phi) is 6.94. The van der Waals surface area contributed by atoms with Crippen LogP contribution in [0, 0.1) is 5.82 Å². The van der Waals surface area contributed by atoms with Gasteiger partial charge < -0.3 is 10.1 Å². The quantitative estimate of drug-likeness (QED) is 0.650. The molecule has 1 heterocycles. The summed E-state index contributed by atoms with van der Waals surface area (Å²) in [4.78, 5) is 12.3. The van der Waals surface area contributed by atoms with E-state index < -0.39 is 38.3 Å². The van der Waals surface area contributed by atoms with E-state index in [1.807, 2.05) is 0 Å². The molecule has 0 bridgehead atoms. The van der Waals surface area contributed by atoms with E-state index in [0.717, 1.165) is 16.6 Å². The Morgan fingerprint density at radius 2 is 1.74 bits per heavy atom. The van der Waals surface area contributed by atoms with Gasteiger partial charge in [-0.2, -0.15) is 4.31 Å². The number of carbonyl (C=O) groups excluding carboxylic acids is 1. The Balaban J connectivity index is 1.79. The summed E-state index contributed by atoms with van der Waals surface area (Å²) in [6.07, 6.45) is 0.931. The smallest absolute Gasteiger partial charge is 0.245 e. The lowest BCUT2D eigenvalue weighted by molar-refractivity contribution is -0.114. The van der Waals surface area contributed by atoms with Crippen molar-refractivity contribution in [3.05, 3.63) is 54.3 Å². The molecule has 3 rings (SSSR count). The number of carbonyl (C=O) groups is 1. The number of ether oxygens (including phenoxy) is 1. The fourth-order valence-corrected chi connectivity index (χ4v) is 5.28. The van der Waals surface area contributed by atoms with Crippen LogP contribution in [0.1, 0.15) is 0 Å². The van der Waals surface area contributed by atoms with Gasteiger partial charge in [0.25, 0.3) is 0 Å². The van der Waals surface area contributed by atoms with Gasteiger partial charge in [0.1, 0.15) is 12.4 Å². The molecule has 0 radical (unpaired) electrons. The van der Waals surface area contributed by atoms with Crippen LogP contribution in [0.5, 0.6) is 0 Å². The van der Waals surface area contributed by atoms with Crippen molar-refractivity contribution in [1.29, 1.82) is 0 Å². The van der Waals surface area contributed by atoms with Gasteiger partial charge in [0.15, 0.2) is 0 Å². The molecular weight excluding hydrogens is 449 g/mol. The van der Waals surface area contributed by atoms with Gasteiger partial charge in [0.05, 0.1) is 30.1 Å². The number of nitrogens with one attached hydrogen (secondary N) is 1. The lowest BCUT2D eigenvalue weighted by Gasteiger charge is -2.26. The summed E-state index contributed by atoms with van der Waals surface area (Å²) in [6, 6.07) is 10.4. The van der Waals surface area contributed by atoms with Gasteiger partial charge in [-0.25, -0.2) is 21.2 Å². The highest BCUT2D eigenvalue weighted by Crippen LogP contribution is 2.23. The van der Waals surface area contributed by atoms with Crippen molar-refractivity contribution in [3.63, 3.8) is 0 Å². The fraction of sp³-hybridized carbons (Fsp3) is 0.316. The normalized spacial score (nSPS) is 15.4. The van der Waals surface area contributed by atoms with Gasteiger partial charge in [-0.05, 0) is 42.5 Å². The highest BCUT2D eigenvalue weighted by Gasteiger charge is 2.27. The molecule has 1 amide bonds. The first-order chi connectivity index (χ1) is 14.6. The third-order valence-corrected chi connectivity index (χ3v) is 7.58. The lowest BCUT2D eigenvalue weighted by Crippen LogP contribution is -2.40. The van der Waals surface area contributed by atoms with E-state index >= 15 is 0 Å². The Morgan fingerprint density at radius 3 is 2.32 bits per heavy atom. The van der Waals surface area contributed by atoms with Crippen molar-refractivity contribution in [3.8, 4) is 0 Å². The van der Waals surface area contributed by atoms with Gasteiger partial charge in [-0.3, -0.25) is 9.10 Å². The maximum Gasteiger partial charge on any atom is 0.245 e. The van der Waals surface area contributed by atoms with Gasteiger partial charge in [-0.15, -0.1) is 0 Å². The van der Waals surface area contributed by atoms with E-state index in [1.54, 1.807) is 0 Å². The SMILES string of the molecule is CS(=O)(=O)N(CC(=O)Nc1cccc(F)c1)c1ccc(S(=O)(=O)N2CCOCC2)cc1. The van der Waals surface area contributed by atoms with Gasteiger partial charge >= 0.3 is 0 Å². The van der Waals surface area contributed by atoms with E-state index in [4.69, 9.17) is 4.74 Å². The third kappa shape index (κ3) is 5.79. The minimum Gasteiger partial charge on any atom is -0.379 e. The Labute approximate surface area is 180 Å². The second-order valence-electron chi connectivity index (χ2n) is 6.84. The number of rotatable bonds is 7. The molecule has 31 heavy (non-hydrogen) atoms. The second kappa shape index (κ2) is 9.30. The summed E-state index contributed by atoms with van der Waals surface area (Å²) in [5, 5.41) is 2.43. The van der Waals surface area contributed by atoms with Crippen LogP contribution in [-0.4, -0.2) is 66.2 Å². The molecule has 0 spiro atoms. The predicted octanol–water partition coefficient (Wildman–Crippen LogP) is 1.25. The number of halogens is 1. The number of benzene rings is 2. The van der Waals surface area contributed by atoms with Crippen LogP contribution in [0.3, 0.4) is 0 Å². The minimum absolute atomic E-state index is 0.0100. The Bertz CT molecular complexity index is 1150. The number of hydrogen-bond donors (Lipinski definition) is 1. The van der Waals surface area contributed by atoms with Crippen LogP contribution >= 0.6 is 0 Å². The number of anilines is 2. The largest absolute Gasteiger partial charge is 0.379 e. The molecule has 2 aromatic carbocycles. The van der Waals surface area contributed by atoms with Crippen molar-refractivity contribution in [2.45, 2.75) is 4.90 Å². The first-order valence-corrected chi connectivity index (χ1v) is 12.6. The molecule has 168 valence electrons. The number of amides is 1. The molecule has 0 aliphatic carbocycles. The average Bonchev–Trinajstić information content (AvgIpc) is 2.72. The van der Waals surface area contributed by atoms with Crippen molar-refractivity contribution >= 4 is 37.3 Å². The molecule has 0 aromatic heterocycles. The maximum absolute atomic E-state index is 13.3. The van der Waals surface area contributed by atoms with Crippen LogP contribution < -0.4 is 9.62 Å². The highest BCUT2D eigenvalue weighted by molar-refractivity contribution is 7.92. The lowest BCUT2D eigenvalue weighted by atomic mass is 10.3. The summed E-state index contributed by atoms with van der Waals surface area (Å²) < 4.78 is 70.5. The molecule has 2 aromatic rings. The van der Waals surface area contributed by atoms with E-state index in [-0.39, 0.29) is 29.4 Å². The van der Waals surface area contributed by atoms with E-state index in [0.29, 0.717) is 13.2 Å². The Hall–Kier alpha value is -2.54. The van der Waals surface area contributed by atoms with E-state index in [1.165, 1.54) is 46.8 Å². The standard InChI is InChI=1S/C19H22FN3O6S2/c1-30(25,26)23(14-19(24)21-16-4-2-3-15(20)13-16)17-5-7-18(8-6-17)31(27,28)22-9-11-29-12-10-22/h2-8,13H,9-12,14H2,1H3,(H,21,24). The number of nitrogens with zero attached hydrogens (tertiary/aromatic N) is 2. The van der Waals surface area contributed by atoms with Crippen molar-refractivity contribution in [2.75, 3.05) is 48.7 Å².